The fourth-order valence-electron chi connectivity index (χ4n) is 3.91. The molecule has 1 fully saturated rings. The topological polar surface area (TPSA) is 94.5 Å². The summed E-state index contributed by atoms with van der Waals surface area (Å²) in [6.07, 6.45) is 3.92. The molecule has 0 aliphatic carbocycles. The number of aromatic nitrogens is 2. The van der Waals surface area contributed by atoms with Crippen LogP contribution in [0.5, 0.6) is 11.5 Å². The van der Waals surface area contributed by atoms with Gasteiger partial charge in [-0.2, -0.15) is 0 Å². The predicted octanol–water partition coefficient (Wildman–Crippen LogP) is 2.62. The molecule has 1 aliphatic heterocycles. The summed E-state index contributed by atoms with van der Waals surface area (Å²) in [4.78, 5) is 30.4. The zero-order chi connectivity index (χ0) is 24.9. The quantitative estimate of drug-likeness (QED) is 0.496. The van der Waals surface area contributed by atoms with E-state index in [4.69, 9.17) is 9.47 Å². The van der Waals surface area contributed by atoms with Crippen LogP contribution in [-0.2, 0) is 23.1 Å². The molecule has 2 amide bonds. The van der Waals surface area contributed by atoms with Gasteiger partial charge in [-0.25, -0.2) is 9.37 Å². The van der Waals surface area contributed by atoms with Crippen molar-refractivity contribution in [3.05, 3.63) is 77.6 Å². The molecule has 0 bridgehead atoms. The van der Waals surface area contributed by atoms with Gasteiger partial charge < -0.3 is 24.7 Å². The van der Waals surface area contributed by atoms with Crippen LogP contribution in [0, 0.1) is 5.82 Å². The van der Waals surface area contributed by atoms with Crippen molar-refractivity contribution in [2.75, 3.05) is 20.0 Å². The van der Waals surface area contributed by atoms with Gasteiger partial charge in [0, 0.05) is 31.3 Å². The van der Waals surface area contributed by atoms with Crippen LogP contribution in [0.25, 0.3) is 0 Å². The zero-order valence-corrected chi connectivity index (χ0v) is 20.5. The van der Waals surface area contributed by atoms with E-state index in [9.17, 15) is 14.0 Å². The van der Waals surface area contributed by atoms with E-state index in [0.717, 1.165) is 11.1 Å². The second kappa shape index (κ2) is 10.8. The number of ether oxygens (including phenoxy) is 2. The number of nitrogens with zero attached hydrogens (tertiary/aromatic N) is 2. The van der Waals surface area contributed by atoms with E-state index in [1.54, 1.807) is 44.8 Å². The first-order chi connectivity index (χ1) is 16.9. The van der Waals surface area contributed by atoms with Gasteiger partial charge in [0.25, 0.3) is 0 Å². The van der Waals surface area contributed by atoms with Crippen LogP contribution in [0.15, 0.2) is 54.9 Å². The lowest BCUT2D eigenvalue weighted by atomic mass is 10.0. The number of benzene rings is 2. The molecule has 2 aromatic carbocycles. The van der Waals surface area contributed by atoms with Crippen molar-refractivity contribution < 1.29 is 23.5 Å². The average Bonchev–Trinajstić information content (AvgIpc) is 3.29. The molecule has 35 heavy (non-hydrogen) atoms. The van der Waals surface area contributed by atoms with Crippen LogP contribution in [0.3, 0.4) is 0 Å². The Hall–Kier alpha value is -3.53. The number of hydrogen-bond acceptors (Lipinski definition) is 6. The SMILES string of the molecule is COc1cc(OC)cc(C(NC(=O)C2CSC(Cc3ccc(F)cc3)C(=O)N2)c2nccn2C)c1. The second-order valence-electron chi connectivity index (χ2n) is 8.20. The lowest BCUT2D eigenvalue weighted by molar-refractivity contribution is -0.129. The number of amides is 2. The molecule has 4 rings (SSSR count). The highest BCUT2D eigenvalue weighted by Gasteiger charge is 2.34. The van der Waals surface area contributed by atoms with Gasteiger partial charge in [-0.15, -0.1) is 11.8 Å². The van der Waals surface area contributed by atoms with Gasteiger partial charge in [0.05, 0.1) is 19.5 Å². The Bertz CT molecular complexity index is 1180. The minimum atomic E-state index is -0.702. The predicted molar refractivity (Wildman–Crippen MR) is 131 cm³/mol. The number of thioether (sulfide) groups is 1. The highest BCUT2D eigenvalue weighted by Crippen LogP contribution is 2.30. The molecular weight excluding hydrogens is 471 g/mol. The van der Waals surface area contributed by atoms with Gasteiger partial charge in [-0.3, -0.25) is 9.59 Å². The maximum Gasteiger partial charge on any atom is 0.244 e. The minimum absolute atomic E-state index is 0.220. The Morgan fingerprint density at radius 1 is 1.23 bits per heavy atom. The van der Waals surface area contributed by atoms with Crippen molar-refractivity contribution in [3.8, 4) is 11.5 Å². The van der Waals surface area contributed by atoms with Crippen molar-refractivity contribution in [2.24, 2.45) is 7.05 Å². The summed E-state index contributed by atoms with van der Waals surface area (Å²) >= 11 is 1.41. The number of carbonyl (C=O) groups is 2. The number of halogens is 1. The Labute approximate surface area is 207 Å². The summed E-state index contributed by atoms with van der Waals surface area (Å²) in [6, 6.07) is 10.2. The van der Waals surface area contributed by atoms with Crippen molar-refractivity contribution >= 4 is 23.6 Å². The number of rotatable bonds is 8. The highest BCUT2D eigenvalue weighted by atomic mass is 32.2. The van der Waals surface area contributed by atoms with Crippen molar-refractivity contribution in [2.45, 2.75) is 23.8 Å². The second-order valence-corrected chi connectivity index (χ2v) is 9.43. The molecule has 3 atom stereocenters. The first kappa shape index (κ1) is 24.6. The van der Waals surface area contributed by atoms with Crippen LogP contribution in [-0.4, -0.2) is 52.6 Å². The standard InChI is InChI=1S/C25H27FN4O4S/c1-30-9-8-27-23(30)22(16-11-18(33-2)13-19(12-16)34-3)29-24(31)20-14-35-21(25(32)28-20)10-15-4-6-17(26)7-5-15/h4-9,11-13,20-22H,10,14H2,1-3H3,(H,28,32)(H,29,31). The van der Waals surface area contributed by atoms with E-state index in [0.29, 0.717) is 29.5 Å². The third-order valence-corrected chi connectivity index (χ3v) is 7.14. The van der Waals surface area contributed by atoms with Gasteiger partial charge in [0.15, 0.2) is 0 Å². The molecule has 10 heteroatoms. The van der Waals surface area contributed by atoms with Gasteiger partial charge >= 0.3 is 0 Å². The molecule has 3 unspecified atom stereocenters. The molecule has 1 aliphatic rings. The van der Waals surface area contributed by atoms with E-state index in [1.807, 2.05) is 23.7 Å². The van der Waals surface area contributed by atoms with Crippen LogP contribution in [0.1, 0.15) is 23.0 Å². The van der Waals surface area contributed by atoms with E-state index < -0.39 is 12.1 Å². The zero-order valence-electron chi connectivity index (χ0n) is 19.7. The fourth-order valence-corrected chi connectivity index (χ4v) is 5.10. The molecule has 1 aromatic heterocycles. The molecule has 8 nitrogen and oxygen atoms in total. The maximum atomic E-state index is 13.3. The van der Waals surface area contributed by atoms with Crippen LogP contribution < -0.4 is 20.1 Å². The van der Waals surface area contributed by atoms with Crippen LogP contribution >= 0.6 is 11.8 Å². The third kappa shape index (κ3) is 5.76. The summed E-state index contributed by atoms with van der Waals surface area (Å²) in [5.41, 5.74) is 1.59. The summed E-state index contributed by atoms with van der Waals surface area (Å²) in [6.45, 7) is 0. The van der Waals surface area contributed by atoms with E-state index >= 15 is 0 Å². The van der Waals surface area contributed by atoms with Crippen molar-refractivity contribution in [1.82, 2.24) is 20.2 Å². The Morgan fingerprint density at radius 2 is 1.91 bits per heavy atom. The van der Waals surface area contributed by atoms with Gasteiger partial charge in [-0.1, -0.05) is 12.1 Å². The van der Waals surface area contributed by atoms with E-state index in [1.165, 1.54) is 23.9 Å². The van der Waals surface area contributed by atoms with Gasteiger partial charge in [-0.05, 0) is 41.8 Å². The molecule has 1 saturated heterocycles. The fraction of sp³-hybridized carbons (Fsp3) is 0.320. The molecule has 2 N–H and O–H groups in total. The number of imidazole rings is 1. The number of nitrogens with one attached hydrogen (secondary N) is 2. The molecule has 0 radical (unpaired) electrons. The Balaban J connectivity index is 1.49. The Kier molecular flexibility index (Phi) is 7.60. The van der Waals surface area contributed by atoms with Crippen molar-refractivity contribution in [1.29, 1.82) is 0 Å². The third-order valence-electron chi connectivity index (χ3n) is 5.83. The van der Waals surface area contributed by atoms with E-state index in [-0.39, 0.29) is 22.9 Å². The number of hydrogen-bond donors (Lipinski definition) is 2. The molecule has 2 heterocycles. The summed E-state index contributed by atoms with van der Waals surface area (Å²) < 4.78 is 25.8. The normalized spacial score (nSPS) is 18.5. The maximum absolute atomic E-state index is 13.3. The molecule has 0 saturated carbocycles. The molecule has 184 valence electrons. The lowest BCUT2D eigenvalue weighted by Gasteiger charge is -2.30. The largest absolute Gasteiger partial charge is 0.497 e. The highest BCUT2D eigenvalue weighted by molar-refractivity contribution is 8.00. The first-order valence-corrected chi connectivity index (χ1v) is 12.1. The van der Waals surface area contributed by atoms with Gasteiger partial charge in [0.2, 0.25) is 11.8 Å². The van der Waals surface area contributed by atoms with Crippen LogP contribution in [0.4, 0.5) is 4.39 Å². The minimum Gasteiger partial charge on any atom is -0.497 e. The Morgan fingerprint density at radius 3 is 2.49 bits per heavy atom. The molecule has 3 aromatic rings. The average molecular weight is 499 g/mol. The lowest BCUT2D eigenvalue weighted by Crippen LogP contribution is -2.55. The molecule has 0 spiro atoms. The van der Waals surface area contributed by atoms with Crippen molar-refractivity contribution in [3.63, 3.8) is 0 Å². The van der Waals surface area contributed by atoms with Gasteiger partial charge in [0.1, 0.15) is 35.2 Å². The number of methoxy groups -OCH3 is 2. The molecular formula is C25H27FN4O4S. The monoisotopic (exact) mass is 498 g/mol. The number of aryl methyl sites for hydroxylation is 1. The van der Waals surface area contributed by atoms with E-state index in [2.05, 4.69) is 15.6 Å². The summed E-state index contributed by atoms with van der Waals surface area (Å²) in [7, 11) is 4.96. The smallest absolute Gasteiger partial charge is 0.244 e. The number of carbonyl (C=O) groups excluding carboxylic acids is 2. The van der Waals surface area contributed by atoms with Crippen LogP contribution in [0.2, 0.25) is 0 Å². The summed E-state index contributed by atoms with van der Waals surface area (Å²) in [5.74, 6) is 1.34. The summed E-state index contributed by atoms with van der Waals surface area (Å²) in [5, 5.41) is 5.52. The first-order valence-electron chi connectivity index (χ1n) is 11.0.